The number of aliphatic hydroxyl groups excluding tert-OH is 1. The fraction of sp³-hybridized carbons (Fsp3) is 0.478. The highest BCUT2D eigenvalue weighted by atomic mass is 16.3. The molecule has 3 rings (SSSR count). The first-order valence-corrected chi connectivity index (χ1v) is 10.2. The van der Waals surface area contributed by atoms with E-state index in [2.05, 4.69) is 41.4 Å². The Bertz CT molecular complexity index is 732. The highest BCUT2D eigenvalue weighted by Gasteiger charge is 2.26. The van der Waals surface area contributed by atoms with Gasteiger partial charge in [0.1, 0.15) is 0 Å². The van der Waals surface area contributed by atoms with Crippen LogP contribution in [0, 0.1) is 0 Å². The topological polar surface area (TPSA) is 76.0 Å². The molecule has 3 atom stereocenters. The number of hydrogen-bond acceptors (Lipinski definition) is 5. The molecule has 0 aliphatic carbocycles. The van der Waals surface area contributed by atoms with E-state index in [0.29, 0.717) is 5.56 Å². The Morgan fingerprint density at radius 2 is 1.71 bits per heavy atom. The summed E-state index contributed by atoms with van der Waals surface area (Å²) < 4.78 is 0. The monoisotopic (exact) mass is 384 g/mol. The number of nitrogens with zero attached hydrogens (tertiary/aromatic N) is 1. The number of aromatic hydroxyl groups is 2. The third kappa shape index (κ3) is 5.71. The van der Waals surface area contributed by atoms with E-state index >= 15 is 0 Å². The molecule has 0 aromatic heterocycles. The lowest BCUT2D eigenvalue weighted by Gasteiger charge is -2.31. The van der Waals surface area contributed by atoms with Gasteiger partial charge in [0.15, 0.2) is 11.5 Å². The zero-order valence-electron chi connectivity index (χ0n) is 16.6. The summed E-state index contributed by atoms with van der Waals surface area (Å²) in [5, 5.41) is 34.0. The molecule has 0 amide bonds. The average Bonchev–Trinajstić information content (AvgIpc) is 3.21. The first kappa shape index (κ1) is 20.6. The van der Waals surface area contributed by atoms with E-state index < -0.39 is 6.10 Å². The van der Waals surface area contributed by atoms with E-state index in [0.717, 1.165) is 32.5 Å². The van der Waals surface area contributed by atoms with E-state index in [4.69, 9.17) is 0 Å². The Labute approximate surface area is 167 Å². The van der Waals surface area contributed by atoms with Crippen LogP contribution in [0.25, 0.3) is 0 Å². The lowest BCUT2D eigenvalue weighted by molar-refractivity contribution is 0.0997. The molecule has 1 aliphatic heterocycles. The van der Waals surface area contributed by atoms with Crippen molar-refractivity contribution in [3.05, 3.63) is 59.7 Å². The summed E-state index contributed by atoms with van der Waals surface area (Å²) in [5.41, 5.74) is 1.93. The molecule has 1 heterocycles. The van der Waals surface area contributed by atoms with Crippen molar-refractivity contribution in [1.29, 1.82) is 0 Å². The lowest BCUT2D eigenvalue weighted by atomic mass is 9.99. The number of aryl methyl sites for hydroxylation is 1. The summed E-state index contributed by atoms with van der Waals surface area (Å²) in [6.07, 6.45) is 3.61. The number of benzene rings is 2. The van der Waals surface area contributed by atoms with Crippen LogP contribution >= 0.6 is 0 Å². The van der Waals surface area contributed by atoms with Gasteiger partial charge in [-0.25, -0.2) is 0 Å². The molecule has 0 radical (unpaired) electrons. The maximum absolute atomic E-state index is 11.0. The first-order valence-electron chi connectivity index (χ1n) is 10.2. The molecule has 2 aromatic carbocycles. The number of aliphatic hydroxyl groups is 1. The van der Waals surface area contributed by atoms with E-state index in [-0.39, 0.29) is 23.6 Å². The minimum absolute atomic E-state index is 0.146. The molecule has 1 saturated heterocycles. The van der Waals surface area contributed by atoms with Gasteiger partial charge in [0.2, 0.25) is 0 Å². The van der Waals surface area contributed by atoms with Gasteiger partial charge in [0, 0.05) is 12.6 Å². The Morgan fingerprint density at radius 3 is 2.39 bits per heavy atom. The number of nitrogens with one attached hydrogen (secondary N) is 1. The Kier molecular flexibility index (Phi) is 7.31. The van der Waals surface area contributed by atoms with Gasteiger partial charge in [-0.05, 0) is 69.0 Å². The van der Waals surface area contributed by atoms with Crippen LogP contribution in [0.2, 0.25) is 0 Å². The third-order valence-electron chi connectivity index (χ3n) is 5.58. The van der Waals surface area contributed by atoms with E-state index in [1.807, 2.05) is 6.07 Å². The summed E-state index contributed by atoms with van der Waals surface area (Å²) in [6, 6.07) is 15.1. The smallest absolute Gasteiger partial charge is 0.157 e. The molecule has 1 fully saturated rings. The van der Waals surface area contributed by atoms with Crippen molar-refractivity contribution in [2.75, 3.05) is 19.6 Å². The van der Waals surface area contributed by atoms with Crippen LogP contribution in [0.5, 0.6) is 11.5 Å². The van der Waals surface area contributed by atoms with Crippen molar-refractivity contribution in [2.24, 2.45) is 0 Å². The maximum atomic E-state index is 11.0. The summed E-state index contributed by atoms with van der Waals surface area (Å²) in [4.78, 5) is 2.38. The second kappa shape index (κ2) is 9.92. The molecule has 0 saturated carbocycles. The van der Waals surface area contributed by atoms with Gasteiger partial charge in [-0.1, -0.05) is 36.4 Å². The number of likely N-dealkylation sites (tertiary alicyclic amines) is 1. The van der Waals surface area contributed by atoms with Crippen molar-refractivity contribution in [3.8, 4) is 11.5 Å². The Hall–Kier alpha value is -2.08. The molecular weight excluding hydrogens is 352 g/mol. The van der Waals surface area contributed by atoms with Crippen molar-refractivity contribution in [1.82, 2.24) is 10.2 Å². The predicted molar refractivity (Wildman–Crippen MR) is 112 cm³/mol. The average molecular weight is 385 g/mol. The van der Waals surface area contributed by atoms with Gasteiger partial charge in [0.25, 0.3) is 0 Å². The zero-order valence-corrected chi connectivity index (χ0v) is 16.6. The molecule has 0 spiro atoms. The minimum atomic E-state index is -0.758. The molecule has 3 unspecified atom stereocenters. The lowest BCUT2D eigenvalue weighted by Crippen LogP contribution is -2.47. The highest BCUT2D eigenvalue weighted by molar-refractivity contribution is 5.41. The Morgan fingerprint density at radius 1 is 1.00 bits per heavy atom. The van der Waals surface area contributed by atoms with Crippen molar-refractivity contribution in [2.45, 2.75) is 50.8 Å². The quantitative estimate of drug-likeness (QED) is 0.500. The molecule has 0 bridgehead atoms. The SMILES string of the molecule is CC(CCc1ccccc1)NC(CN1CCCC1)C(O)c1ccc(O)c(O)c1. The summed E-state index contributed by atoms with van der Waals surface area (Å²) >= 11 is 0. The van der Waals surface area contributed by atoms with E-state index in [1.54, 1.807) is 6.07 Å². The largest absolute Gasteiger partial charge is 0.504 e. The molecule has 5 heteroatoms. The van der Waals surface area contributed by atoms with Crippen LogP contribution in [0.4, 0.5) is 0 Å². The van der Waals surface area contributed by atoms with E-state index in [1.165, 1.54) is 30.5 Å². The minimum Gasteiger partial charge on any atom is -0.504 e. The fourth-order valence-corrected chi connectivity index (χ4v) is 3.92. The third-order valence-corrected chi connectivity index (χ3v) is 5.58. The predicted octanol–water partition coefficient (Wildman–Crippen LogP) is 3.21. The highest BCUT2D eigenvalue weighted by Crippen LogP contribution is 2.29. The molecule has 5 nitrogen and oxygen atoms in total. The van der Waals surface area contributed by atoms with Crippen molar-refractivity contribution in [3.63, 3.8) is 0 Å². The van der Waals surface area contributed by atoms with Crippen LogP contribution in [0.1, 0.15) is 43.4 Å². The standard InChI is InChI=1S/C23H32N2O3/c1-17(9-10-18-7-3-2-4-8-18)24-20(16-25-13-5-6-14-25)23(28)19-11-12-21(26)22(27)15-19/h2-4,7-8,11-12,15,17,20,23-24,26-28H,5-6,9-10,13-14,16H2,1H3. The molecule has 2 aromatic rings. The van der Waals surface area contributed by atoms with Crippen LogP contribution in [-0.4, -0.2) is 51.9 Å². The number of rotatable bonds is 9. The van der Waals surface area contributed by atoms with Gasteiger partial charge >= 0.3 is 0 Å². The molecule has 28 heavy (non-hydrogen) atoms. The maximum Gasteiger partial charge on any atom is 0.157 e. The van der Waals surface area contributed by atoms with Gasteiger partial charge in [0.05, 0.1) is 12.1 Å². The second-order valence-electron chi connectivity index (χ2n) is 7.90. The van der Waals surface area contributed by atoms with Crippen LogP contribution < -0.4 is 5.32 Å². The van der Waals surface area contributed by atoms with Gasteiger partial charge in [-0.3, -0.25) is 0 Å². The first-order chi connectivity index (χ1) is 13.5. The normalized spacial score (nSPS) is 18.1. The van der Waals surface area contributed by atoms with Gasteiger partial charge in [-0.15, -0.1) is 0 Å². The molecule has 4 N–H and O–H groups in total. The van der Waals surface area contributed by atoms with Gasteiger partial charge in [-0.2, -0.15) is 0 Å². The zero-order chi connectivity index (χ0) is 19.9. The van der Waals surface area contributed by atoms with Crippen molar-refractivity contribution >= 4 is 0 Å². The molecular formula is C23H32N2O3. The van der Waals surface area contributed by atoms with Crippen LogP contribution in [-0.2, 0) is 6.42 Å². The number of phenols is 2. The molecule has 1 aliphatic rings. The van der Waals surface area contributed by atoms with Gasteiger partial charge < -0.3 is 25.5 Å². The summed E-state index contributed by atoms with van der Waals surface area (Å²) in [6.45, 7) is 5.04. The fourth-order valence-electron chi connectivity index (χ4n) is 3.92. The van der Waals surface area contributed by atoms with E-state index in [9.17, 15) is 15.3 Å². The second-order valence-corrected chi connectivity index (χ2v) is 7.90. The van der Waals surface area contributed by atoms with Crippen LogP contribution in [0.3, 0.4) is 0 Å². The summed E-state index contributed by atoms with van der Waals surface area (Å²) in [5.74, 6) is -0.371. The molecule has 152 valence electrons. The number of phenolic OH excluding ortho intramolecular Hbond substituents is 2. The summed E-state index contributed by atoms with van der Waals surface area (Å²) in [7, 11) is 0. The van der Waals surface area contributed by atoms with Crippen molar-refractivity contribution < 1.29 is 15.3 Å². The Balaban J connectivity index is 1.65. The number of hydrogen-bond donors (Lipinski definition) is 4. The van der Waals surface area contributed by atoms with Crippen LogP contribution in [0.15, 0.2) is 48.5 Å².